The van der Waals surface area contributed by atoms with Gasteiger partial charge in [-0.15, -0.1) is 0 Å². The van der Waals surface area contributed by atoms with E-state index in [9.17, 15) is 0 Å². The highest BCUT2D eigenvalue weighted by Gasteiger charge is 2.10. The molecule has 0 saturated carbocycles. The van der Waals surface area contributed by atoms with Crippen molar-refractivity contribution < 1.29 is 4.74 Å². The number of rotatable bonds is 9. The van der Waals surface area contributed by atoms with E-state index in [-0.39, 0.29) is 0 Å². The van der Waals surface area contributed by atoms with Crippen LogP contribution in [0.3, 0.4) is 0 Å². The highest BCUT2D eigenvalue weighted by molar-refractivity contribution is 5.63. The zero-order chi connectivity index (χ0) is 18.2. The Hall–Kier alpha value is -2.02. The SMILES string of the molecule is C=C(CCCCCCCc1ccc2c(c1)CCCO2)c1ccc(C)cc1. The molecule has 2 aromatic carbocycles. The summed E-state index contributed by atoms with van der Waals surface area (Å²) in [6.45, 7) is 7.26. The van der Waals surface area contributed by atoms with E-state index < -0.39 is 0 Å². The summed E-state index contributed by atoms with van der Waals surface area (Å²) in [6, 6.07) is 15.5. The van der Waals surface area contributed by atoms with Gasteiger partial charge in [0.1, 0.15) is 5.75 Å². The summed E-state index contributed by atoms with van der Waals surface area (Å²) in [4.78, 5) is 0. The van der Waals surface area contributed by atoms with Crippen LogP contribution >= 0.6 is 0 Å². The van der Waals surface area contributed by atoms with Gasteiger partial charge in [-0.25, -0.2) is 0 Å². The van der Waals surface area contributed by atoms with Crippen molar-refractivity contribution in [3.05, 3.63) is 71.3 Å². The molecule has 0 aromatic heterocycles. The van der Waals surface area contributed by atoms with Crippen LogP contribution in [0.2, 0.25) is 0 Å². The van der Waals surface area contributed by atoms with Gasteiger partial charge < -0.3 is 4.74 Å². The van der Waals surface area contributed by atoms with E-state index in [0.29, 0.717) is 0 Å². The Balaban J connectivity index is 1.29. The quantitative estimate of drug-likeness (QED) is 0.447. The maximum absolute atomic E-state index is 5.70. The van der Waals surface area contributed by atoms with Crippen molar-refractivity contribution in [3.63, 3.8) is 0 Å². The Kier molecular flexibility index (Phi) is 6.94. The zero-order valence-corrected chi connectivity index (χ0v) is 16.2. The first kappa shape index (κ1) is 18.8. The van der Waals surface area contributed by atoms with E-state index in [1.807, 2.05) is 0 Å². The smallest absolute Gasteiger partial charge is 0.122 e. The largest absolute Gasteiger partial charge is 0.493 e. The Morgan fingerprint density at radius 1 is 0.962 bits per heavy atom. The lowest BCUT2D eigenvalue weighted by Crippen LogP contribution is -2.08. The zero-order valence-electron chi connectivity index (χ0n) is 16.2. The van der Waals surface area contributed by atoms with E-state index in [1.165, 1.54) is 72.8 Å². The lowest BCUT2D eigenvalue weighted by molar-refractivity contribution is 0.288. The van der Waals surface area contributed by atoms with Gasteiger partial charge in [-0.3, -0.25) is 0 Å². The summed E-state index contributed by atoms with van der Waals surface area (Å²) in [6.07, 6.45) is 11.2. The Bertz CT molecular complexity index is 711. The van der Waals surface area contributed by atoms with Crippen LogP contribution in [0.15, 0.2) is 49.0 Å². The van der Waals surface area contributed by atoms with Gasteiger partial charge in [0.25, 0.3) is 0 Å². The third-order valence-electron chi connectivity index (χ3n) is 5.38. The minimum absolute atomic E-state index is 0.878. The molecule has 0 atom stereocenters. The van der Waals surface area contributed by atoms with Crippen molar-refractivity contribution in [2.45, 2.75) is 64.7 Å². The number of allylic oxidation sites excluding steroid dienone is 1. The standard InChI is InChI=1S/C25H32O/c1-20-12-15-23(16-13-20)21(2)9-6-4-3-5-7-10-22-14-17-25-24(19-22)11-8-18-26-25/h12-17,19H,2-11,18H2,1H3. The molecule has 1 heteroatoms. The fourth-order valence-electron chi connectivity index (χ4n) is 3.70. The molecular weight excluding hydrogens is 316 g/mol. The number of unbranched alkanes of at least 4 members (excludes halogenated alkanes) is 4. The van der Waals surface area contributed by atoms with Crippen LogP contribution in [0, 0.1) is 6.92 Å². The second-order valence-corrected chi connectivity index (χ2v) is 7.63. The Morgan fingerprint density at radius 3 is 2.58 bits per heavy atom. The minimum atomic E-state index is 0.878. The molecular formula is C25H32O. The number of hydrogen-bond acceptors (Lipinski definition) is 1. The first-order chi connectivity index (χ1) is 12.7. The van der Waals surface area contributed by atoms with Gasteiger partial charge in [0.05, 0.1) is 6.61 Å². The van der Waals surface area contributed by atoms with Crippen LogP contribution in [-0.4, -0.2) is 6.61 Å². The van der Waals surface area contributed by atoms with Crippen molar-refractivity contribution in [3.8, 4) is 5.75 Å². The average molecular weight is 349 g/mol. The highest BCUT2D eigenvalue weighted by Crippen LogP contribution is 2.26. The average Bonchev–Trinajstić information content (AvgIpc) is 2.67. The van der Waals surface area contributed by atoms with Gasteiger partial charge in [-0.05, 0) is 73.8 Å². The Labute approximate surface area is 159 Å². The molecule has 1 aliphatic heterocycles. The lowest BCUT2D eigenvalue weighted by Gasteiger charge is -2.17. The molecule has 1 heterocycles. The third kappa shape index (κ3) is 5.49. The molecule has 3 rings (SSSR count). The van der Waals surface area contributed by atoms with Crippen LogP contribution in [0.25, 0.3) is 5.57 Å². The molecule has 0 unspecified atom stereocenters. The van der Waals surface area contributed by atoms with Crippen molar-refractivity contribution in [2.24, 2.45) is 0 Å². The molecule has 1 nitrogen and oxygen atoms in total. The summed E-state index contributed by atoms with van der Waals surface area (Å²) in [5.41, 5.74) is 6.77. The number of fused-ring (bicyclic) bond motifs is 1. The molecule has 0 N–H and O–H groups in total. The molecule has 0 bridgehead atoms. The summed E-state index contributed by atoms with van der Waals surface area (Å²) in [5, 5.41) is 0. The van der Waals surface area contributed by atoms with Gasteiger partial charge in [0.2, 0.25) is 0 Å². The van der Waals surface area contributed by atoms with Crippen LogP contribution in [0.5, 0.6) is 5.75 Å². The molecule has 2 aromatic rings. The van der Waals surface area contributed by atoms with Crippen molar-refractivity contribution in [1.82, 2.24) is 0 Å². The van der Waals surface area contributed by atoms with Gasteiger partial charge in [-0.1, -0.05) is 67.8 Å². The van der Waals surface area contributed by atoms with E-state index in [0.717, 1.165) is 25.2 Å². The lowest BCUT2D eigenvalue weighted by atomic mass is 9.98. The molecule has 0 saturated heterocycles. The molecule has 0 aliphatic carbocycles. The van der Waals surface area contributed by atoms with Crippen LogP contribution < -0.4 is 4.74 Å². The second-order valence-electron chi connectivity index (χ2n) is 7.63. The topological polar surface area (TPSA) is 9.23 Å². The first-order valence-electron chi connectivity index (χ1n) is 10.2. The number of aryl methyl sites for hydroxylation is 3. The second kappa shape index (κ2) is 9.62. The fourth-order valence-corrected chi connectivity index (χ4v) is 3.70. The molecule has 26 heavy (non-hydrogen) atoms. The molecule has 0 radical (unpaired) electrons. The summed E-state index contributed by atoms with van der Waals surface area (Å²) in [5.74, 6) is 1.11. The van der Waals surface area contributed by atoms with Gasteiger partial charge in [0, 0.05) is 0 Å². The van der Waals surface area contributed by atoms with Crippen LogP contribution in [0.4, 0.5) is 0 Å². The minimum Gasteiger partial charge on any atom is -0.493 e. The molecule has 0 spiro atoms. The highest BCUT2D eigenvalue weighted by atomic mass is 16.5. The molecule has 0 fully saturated rings. The van der Waals surface area contributed by atoms with Gasteiger partial charge in [0.15, 0.2) is 0 Å². The molecule has 1 aliphatic rings. The number of hydrogen-bond donors (Lipinski definition) is 0. The van der Waals surface area contributed by atoms with Gasteiger partial charge in [-0.2, -0.15) is 0 Å². The van der Waals surface area contributed by atoms with Crippen molar-refractivity contribution in [1.29, 1.82) is 0 Å². The van der Waals surface area contributed by atoms with Gasteiger partial charge >= 0.3 is 0 Å². The normalized spacial score (nSPS) is 13.1. The predicted octanol–water partition coefficient (Wildman–Crippen LogP) is 6.92. The van der Waals surface area contributed by atoms with E-state index in [4.69, 9.17) is 4.74 Å². The number of benzene rings is 2. The molecule has 138 valence electrons. The third-order valence-corrected chi connectivity index (χ3v) is 5.38. The maximum Gasteiger partial charge on any atom is 0.122 e. The van der Waals surface area contributed by atoms with E-state index in [1.54, 1.807) is 0 Å². The van der Waals surface area contributed by atoms with Crippen molar-refractivity contribution >= 4 is 5.57 Å². The Morgan fingerprint density at radius 2 is 1.73 bits per heavy atom. The summed E-state index contributed by atoms with van der Waals surface area (Å²) in [7, 11) is 0. The van der Waals surface area contributed by atoms with E-state index >= 15 is 0 Å². The summed E-state index contributed by atoms with van der Waals surface area (Å²) < 4.78 is 5.70. The maximum atomic E-state index is 5.70. The molecule has 0 amide bonds. The van der Waals surface area contributed by atoms with E-state index in [2.05, 4.69) is 56.0 Å². The van der Waals surface area contributed by atoms with Crippen LogP contribution in [-0.2, 0) is 12.8 Å². The monoisotopic (exact) mass is 348 g/mol. The first-order valence-corrected chi connectivity index (χ1v) is 10.2. The summed E-state index contributed by atoms with van der Waals surface area (Å²) >= 11 is 0. The van der Waals surface area contributed by atoms with Crippen LogP contribution in [0.1, 0.15) is 67.2 Å². The fraction of sp³-hybridized carbons (Fsp3) is 0.440. The van der Waals surface area contributed by atoms with Crippen molar-refractivity contribution in [2.75, 3.05) is 6.61 Å². The predicted molar refractivity (Wildman–Crippen MR) is 112 cm³/mol. The number of ether oxygens (including phenoxy) is 1.